The summed E-state index contributed by atoms with van der Waals surface area (Å²) in [7, 11) is 0. The number of ether oxygens (including phenoxy) is 2. The fourth-order valence-electron chi connectivity index (χ4n) is 4.46. The lowest BCUT2D eigenvalue weighted by Gasteiger charge is -2.42. The van der Waals surface area contributed by atoms with E-state index in [0.717, 1.165) is 31.6 Å². The van der Waals surface area contributed by atoms with E-state index in [2.05, 4.69) is 10.2 Å². The van der Waals surface area contributed by atoms with Gasteiger partial charge in [0.15, 0.2) is 11.8 Å². The van der Waals surface area contributed by atoms with Gasteiger partial charge < -0.3 is 35.4 Å². The zero-order valence-corrected chi connectivity index (χ0v) is 19.8. The molecule has 0 bridgehead atoms. The van der Waals surface area contributed by atoms with Crippen molar-refractivity contribution in [2.24, 2.45) is 11.7 Å². The average Bonchev–Trinajstić information content (AvgIpc) is 2.83. The zero-order valence-electron chi connectivity index (χ0n) is 19.8. The lowest BCUT2D eigenvalue weighted by molar-refractivity contribution is -0.133. The summed E-state index contributed by atoms with van der Waals surface area (Å²) in [5.74, 6) is -1.49. The first-order chi connectivity index (χ1) is 17.3. The number of nitrogens with two attached hydrogens (primary N) is 1. The van der Waals surface area contributed by atoms with E-state index in [9.17, 15) is 14.0 Å². The van der Waals surface area contributed by atoms with Crippen molar-refractivity contribution in [3.05, 3.63) is 53.1 Å². The van der Waals surface area contributed by atoms with Crippen LogP contribution in [0.25, 0.3) is 0 Å². The summed E-state index contributed by atoms with van der Waals surface area (Å²) < 4.78 is 25.9. The van der Waals surface area contributed by atoms with Crippen LogP contribution in [0.3, 0.4) is 0 Å². The lowest BCUT2D eigenvalue weighted by atomic mass is 9.97. The highest BCUT2D eigenvalue weighted by Crippen LogP contribution is 2.29. The predicted octanol–water partition coefficient (Wildman–Crippen LogP) is 1.32. The molecule has 2 saturated heterocycles. The average molecular weight is 503 g/mol. The number of nitrogens with one attached hydrogen (secondary N) is 3. The van der Waals surface area contributed by atoms with Crippen molar-refractivity contribution in [2.45, 2.75) is 25.6 Å². The quantitative estimate of drug-likeness (QED) is 0.262. The van der Waals surface area contributed by atoms with Crippen LogP contribution in [0, 0.1) is 17.1 Å². The molecule has 3 heterocycles. The number of guanidine groups is 1. The van der Waals surface area contributed by atoms with E-state index in [0.29, 0.717) is 37.8 Å². The summed E-state index contributed by atoms with van der Waals surface area (Å²) in [4.78, 5) is 26.7. The molecule has 0 spiro atoms. The fraction of sp³-hybridized carbons (Fsp3) is 0.458. The van der Waals surface area contributed by atoms with E-state index >= 15 is 0 Å². The Morgan fingerprint density at radius 1 is 1.22 bits per heavy atom. The molecule has 0 saturated carbocycles. The lowest BCUT2D eigenvalue weighted by Crippen LogP contribution is -2.53. The summed E-state index contributed by atoms with van der Waals surface area (Å²) in [5.41, 5.74) is 7.06. The molecular formula is C24H31FN6O5. The Bertz CT molecular complexity index is 1060. The van der Waals surface area contributed by atoms with Crippen LogP contribution in [0.5, 0.6) is 0 Å². The second kappa shape index (κ2) is 11.3. The van der Waals surface area contributed by atoms with Crippen LogP contribution < -0.4 is 21.3 Å². The summed E-state index contributed by atoms with van der Waals surface area (Å²) in [5, 5.41) is 21.0. The van der Waals surface area contributed by atoms with Gasteiger partial charge in [0, 0.05) is 37.4 Å². The highest BCUT2D eigenvalue weighted by atomic mass is 19.1. The molecule has 0 radical (unpaired) electrons. The highest BCUT2D eigenvalue weighted by molar-refractivity contribution is 5.90. The van der Waals surface area contributed by atoms with Gasteiger partial charge in [0.2, 0.25) is 0 Å². The maximum Gasteiger partial charge on any atom is 0.414 e. The molecule has 0 unspecified atom stereocenters. The van der Waals surface area contributed by atoms with E-state index in [1.54, 1.807) is 24.3 Å². The molecule has 0 aromatic heterocycles. The van der Waals surface area contributed by atoms with Crippen LogP contribution >= 0.6 is 0 Å². The summed E-state index contributed by atoms with van der Waals surface area (Å²) in [6.45, 7) is 3.89. The van der Waals surface area contributed by atoms with Gasteiger partial charge in [-0.05, 0) is 37.0 Å². The van der Waals surface area contributed by atoms with Crippen molar-refractivity contribution in [3.8, 4) is 0 Å². The minimum Gasteiger partial charge on any atom is -0.477 e. The van der Waals surface area contributed by atoms with Crippen LogP contribution in [-0.2, 0) is 20.9 Å². The van der Waals surface area contributed by atoms with Gasteiger partial charge in [0.1, 0.15) is 12.3 Å². The predicted molar refractivity (Wildman–Crippen MR) is 130 cm³/mol. The molecular weight excluding hydrogens is 471 g/mol. The molecule has 0 atom stereocenters. The van der Waals surface area contributed by atoms with E-state index < -0.39 is 23.8 Å². The third-order valence-electron chi connectivity index (χ3n) is 6.56. The minimum atomic E-state index is -0.949. The van der Waals surface area contributed by atoms with Gasteiger partial charge in [0.25, 0.3) is 0 Å². The Morgan fingerprint density at radius 3 is 2.61 bits per heavy atom. The van der Waals surface area contributed by atoms with Crippen molar-refractivity contribution in [1.82, 2.24) is 15.5 Å². The van der Waals surface area contributed by atoms with Gasteiger partial charge in [-0.25, -0.2) is 14.0 Å². The Labute approximate surface area is 208 Å². The standard InChI is InChI=1S/C24H31FN6O5/c25-21-16(14-36-24(34)29-23(26)27)2-1-3-20(21)31-11-18(12-31)35-13-15-6-8-30(9-7-15)17-4-5-19(22(32)33)28-10-17/h1-5,15,18,28H,6-14H2,(H,32,33)(H4,26,27,29,34). The number of aliphatic carboxylic acids is 1. The first kappa shape index (κ1) is 25.3. The number of carboxylic acids is 1. The molecule has 194 valence electrons. The second-order valence-corrected chi connectivity index (χ2v) is 9.05. The van der Waals surface area contributed by atoms with E-state index in [1.165, 1.54) is 0 Å². The molecule has 11 nitrogen and oxygen atoms in total. The van der Waals surface area contributed by atoms with E-state index in [4.69, 9.17) is 25.7 Å². The second-order valence-electron chi connectivity index (χ2n) is 9.05. The van der Waals surface area contributed by atoms with Crippen molar-refractivity contribution < 1.29 is 28.6 Å². The SMILES string of the molecule is N=C(N)NC(=O)OCc1cccc(N2CC(OCC3CCN(C4=CC=C(C(=O)O)NC4)CC3)C2)c1F. The normalized spacial score (nSPS) is 18.5. The number of piperidine rings is 1. The van der Waals surface area contributed by atoms with Gasteiger partial charge in [-0.3, -0.25) is 10.7 Å². The van der Waals surface area contributed by atoms with Gasteiger partial charge in [-0.15, -0.1) is 0 Å². The molecule has 12 heteroatoms. The molecule has 4 rings (SSSR count). The van der Waals surface area contributed by atoms with Crippen LogP contribution in [-0.4, -0.2) is 73.5 Å². The van der Waals surface area contributed by atoms with Crippen molar-refractivity contribution in [3.63, 3.8) is 0 Å². The highest BCUT2D eigenvalue weighted by Gasteiger charge is 2.31. The number of amides is 1. The fourth-order valence-corrected chi connectivity index (χ4v) is 4.46. The van der Waals surface area contributed by atoms with E-state index in [-0.39, 0.29) is 24.0 Å². The molecule has 1 amide bonds. The molecule has 0 aliphatic carbocycles. The number of carbonyl (C=O) groups excluding carboxylic acids is 1. The smallest absolute Gasteiger partial charge is 0.414 e. The van der Waals surface area contributed by atoms with Crippen LogP contribution in [0.4, 0.5) is 14.9 Å². The van der Waals surface area contributed by atoms with Crippen LogP contribution in [0.15, 0.2) is 41.7 Å². The number of hydrogen-bond donors (Lipinski definition) is 5. The Morgan fingerprint density at radius 2 is 1.97 bits per heavy atom. The topological polar surface area (TPSA) is 153 Å². The number of hydrogen-bond acceptors (Lipinski definition) is 8. The number of carboxylic acid groups (broad SMARTS) is 1. The molecule has 36 heavy (non-hydrogen) atoms. The maximum absolute atomic E-state index is 14.9. The number of allylic oxidation sites excluding steroid dienone is 2. The van der Waals surface area contributed by atoms with E-state index in [1.807, 2.05) is 16.3 Å². The summed E-state index contributed by atoms with van der Waals surface area (Å²) in [6, 6.07) is 4.93. The summed E-state index contributed by atoms with van der Waals surface area (Å²) >= 11 is 0. The van der Waals surface area contributed by atoms with Crippen molar-refractivity contribution in [2.75, 3.05) is 44.2 Å². The number of anilines is 1. The zero-order chi connectivity index (χ0) is 25.7. The number of likely N-dealkylation sites (tertiary alicyclic amines) is 1. The monoisotopic (exact) mass is 502 g/mol. The van der Waals surface area contributed by atoms with Crippen LogP contribution in [0.2, 0.25) is 0 Å². The third-order valence-corrected chi connectivity index (χ3v) is 6.56. The molecule has 1 aromatic carbocycles. The molecule has 6 N–H and O–H groups in total. The largest absolute Gasteiger partial charge is 0.477 e. The maximum atomic E-state index is 14.9. The first-order valence-corrected chi connectivity index (χ1v) is 11.8. The van der Waals surface area contributed by atoms with Gasteiger partial charge in [-0.1, -0.05) is 12.1 Å². The minimum absolute atomic E-state index is 0.0357. The number of rotatable bonds is 8. The number of nitrogens with zero attached hydrogens (tertiary/aromatic N) is 2. The van der Waals surface area contributed by atoms with Crippen molar-refractivity contribution in [1.29, 1.82) is 5.41 Å². The van der Waals surface area contributed by atoms with Crippen molar-refractivity contribution >= 4 is 23.7 Å². The molecule has 2 fully saturated rings. The van der Waals surface area contributed by atoms with Gasteiger partial charge in [-0.2, -0.15) is 0 Å². The molecule has 1 aromatic rings. The Balaban J connectivity index is 1.18. The van der Waals surface area contributed by atoms with Gasteiger partial charge in [0.05, 0.1) is 24.9 Å². The Kier molecular flexibility index (Phi) is 7.93. The molecule has 3 aliphatic heterocycles. The number of carbonyl (C=O) groups is 2. The summed E-state index contributed by atoms with van der Waals surface area (Å²) in [6.07, 6.45) is 4.60. The number of dihydropyridines is 1. The number of halogens is 1. The number of alkyl carbamates (subject to hydrolysis) is 1. The first-order valence-electron chi connectivity index (χ1n) is 11.8. The number of benzene rings is 1. The van der Waals surface area contributed by atoms with Gasteiger partial charge >= 0.3 is 12.1 Å². The molecule has 3 aliphatic rings. The third kappa shape index (κ3) is 6.25. The van der Waals surface area contributed by atoms with Crippen LogP contribution in [0.1, 0.15) is 18.4 Å². The Hall–Kier alpha value is -3.80.